The van der Waals surface area contributed by atoms with Gasteiger partial charge in [0.05, 0.1) is 16.6 Å². The predicted molar refractivity (Wildman–Crippen MR) is 49.4 cm³/mol. The summed E-state index contributed by atoms with van der Waals surface area (Å²) in [6, 6.07) is 0.788. The molecule has 0 amide bonds. The van der Waals surface area contributed by atoms with Gasteiger partial charge in [0.1, 0.15) is 5.75 Å². The summed E-state index contributed by atoms with van der Waals surface area (Å²) in [6.45, 7) is 0.821. The van der Waals surface area contributed by atoms with Crippen LogP contribution in [0.3, 0.4) is 0 Å². The fourth-order valence-electron chi connectivity index (χ4n) is 1.41. The topological polar surface area (TPSA) is 63.4 Å². The molecule has 1 rings (SSSR count). The Balaban J connectivity index is 3.49. The Labute approximate surface area is 96.8 Å². The smallest absolute Gasteiger partial charge is 0.458 e. The zero-order valence-electron chi connectivity index (χ0n) is 8.76. The van der Waals surface area contributed by atoms with E-state index in [4.69, 9.17) is 5.11 Å². The zero-order chi connectivity index (χ0) is 14.3. The number of hydrogen-bond acceptors (Lipinski definition) is 3. The van der Waals surface area contributed by atoms with E-state index in [-0.39, 0.29) is 6.07 Å². The van der Waals surface area contributed by atoms with Gasteiger partial charge in [-0.15, -0.1) is 0 Å². The summed E-state index contributed by atoms with van der Waals surface area (Å²) in [5.41, 5.74) is -3.17. The quantitative estimate of drug-likeness (QED) is 0.510. The first-order chi connectivity index (χ1) is 7.98. The first kappa shape index (κ1) is 14.1. The lowest BCUT2D eigenvalue weighted by molar-refractivity contribution is -0.385. The minimum Gasteiger partial charge on any atom is -0.507 e. The molecule has 9 heteroatoms. The monoisotopic (exact) mass is 271 g/mol. The molecular formula is C9H6F5NO3. The molecule has 0 fully saturated rings. The minimum atomic E-state index is -5.90. The molecule has 0 aliphatic rings. The van der Waals surface area contributed by atoms with Crippen molar-refractivity contribution in [2.75, 3.05) is 0 Å². The molecule has 18 heavy (non-hydrogen) atoms. The van der Waals surface area contributed by atoms with Gasteiger partial charge in [-0.1, -0.05) is 0 Å². The number of nitro groups is 1. The van der Waals surface area contributed by atoms with Crippen LogP contribution in [0.1, 0.15) is 11.1 Å². The highest BCUT2D eigenvalue weighted by atomic mass is 19.4. The molecule has 0 radical (unpaired) electrons. The second-order valence-electron chi connectivity index (χ2n) is 3.49. The fraction of sp³-hybridized carbons (Fsp3) is 0.333. The Morgan fingerprint density at radius 3 is 2.06 bits per heavy atom. The summed E-state index contributed by atoms with van der Waals surface area (Å²) < 4.78 is 62.6. The van der Waals surface area contributed by atoms with Crippen molar-refractivity contribution in [2.45, 2.75) is 19.0 Å². The number of rotatable bonds is 2. The molecular weight excluding hydrogens is 265 g/mol. The molecule has 0 spiro atoms. The van der Waals surface area contributed by atoms with Crippen molar-refractivity contribution in [2.24, 2.45) is 0 Å². The molecule has 0 atom stereocenters. The summed E-state index contributed by atoms with van der Waals surface area (Å²) >= 11 is 0. The maximum Gasteiger partial charge on any atom is 0.458 e. The number of aryl methyl sites for hydroxylation is 1. The van der Waals surface area contributed by atoms with E-state index in [0.29, 0.717) is 6.07 Å². The van der Waals surface area contributed by atoms with Gasteiger partial charge in [-0.05, 0) is 12.5 Å². The average Bonchev–Trinajstić information content (AvgIpc) is 2.13. The highest BCUT2D eigenvalue weighted by Gasteiger charge is 2.60. The standard InChI is InChI=1S/C9H6F5NO3/c1-4-2-5(15(17)18)3-6(16)7(4)8(10,11)9(12,13)14/h2-3,16H,1H3. The van der Waals surface area contributed by atoms with Crippen molar-refractivity contribution >= 4 is 5.69 Å². The Hall–Kier alpha value is -1.93. The van der Waals surface area contributed by atoms with Crippen LogP contribution in [-0.2, 0) is 5.92 Å². The molecule has 4 nitrogen and oxygen atoms in total. The summed E-state index contributed by atoms with van der Waals surface area (Å²) in [5.74, 6) is -6.75. The third-order valence-corrected chi connectivity index (χ3v) is 2.18. The number of nitrogens with zero attached hydrogens (tertiary/aromatic N) is 1. The Morgan fingerprint density at radius 2 is 1.72 bits per heavy atom. The minimum absolute atomic E-state index is 0.252. The van der Waals surface area contributed by atoms with E-state index in [1.807, 2.05) is 0 Å². The Kier molecular flexibility index (Phi) is 3.20. The van der Waals surface area contributed by atoms with Crippen molar-refractivity contribution in [3.63, 3.8) is 0 Å². The molecule has 0 aliphatic carbocycles. The second kappa shape index (κ2) is 4.07. The number of halogens is 5. The average molecular weight is 271 g/mol. The lowest BCUT2D eigenvalue weighted by atomic mass is 10.00. The normalized spacial score (nSPS) is 12.6. The van der Waals surface area contributed by atoms with E-state index >= 15 is 0 Å². The number of aromatic hydroxyl groups is 1. The van der Waals surface area contributed by atoms with Crippen molar-refractivity contribution < 1.29 is 32.0 Å². The van der Waals surface area contributed by atoms with Crippen LogP contribution in [0.4, 0.5) is 27.6 Å². The van der Waals surface area contributed by atoms with E-state index in [0.717, 1.165) is 6.92 Å². The van der Waals surface area contributed by atoms with Crippen LogP contribution in [0.2, 0.25) is 0 Å². The van der Waals surface area contributed by atoms with Crippen LogP contribution in [0.15, 0.2) is 12.1 Å². The predicted octanol–water partition coefficient (Wildman–Crippen LogP) is 3.26. The van der Waals surface area contributed by atoms with Crippen molar-refractivity contribution in [1.29, 1.82) is 0 Å². The lowest BCUT2D eigenvalue weighted by Crippen LogP contribution is -2.34. The van der Waals surface area contributed by atoms with Crippen LogP contribution in [0.25, 0.3) is 0 Å². The maximum absolute atomic E-state index is 13.1. The summed E-state index contributed by atoms with van der Waals surface area (Å²) in [4.78, 5) is 9.34. The number of alkyl halides is 5. The van der Waals surface area contributed by atoms with E-state index < -0.39 is 39.6 Å². The largest absolute Gasteiger partial charge is 0.507 e. The first-order valence-electron chi connectivity index (χ1n) is 4.41. The molecule has 0 saturated carbocycles. The van der Waals surface area contributed by atoms with Gasteiger partial charge in [0.15, 0.2) is 0 Å². The van der Waals surface area contributed by atoms with Gasteiger partial charge in [-0.25, -0.2) is 0 Å². The molecule has 0 heterocycles. The molecule has 0 unspecified atom stereocenters. The highest BCUT2D eigenvalue weighted by Crippen LogP contribution is 2.48. The van der Waals surface area contributed by atoms with E-state index in [9.17, 15) is 32.1 Å². The van der Waals surface area contributed by atoms with Gasteiger partial charge >= 0.3 is 12.1 Å². The van der Waals surface area contributed by atoms with Crippen LogP contribution in [0.5, 0.6) is 5.75 Å². The summed E-state index contributed by atoms with van der Waals surface area (Å²) in [5, 5.41) is 19.5. The molecule has 1 aromatic carbocycles. The van der Waals surface area contributed by atoms with Gasteiger partial charge in [0.2, 0.25) is 0 Å². The Morgan fingerprint density at radius 1 is 1.22 bits per heavy atom. The van der Waals surface area contributed by atoms with E-state index in [2.05, 4.69) is 0 Å². The zero-order valence-corrected chi connectivity index (χ0v) is 8.76. The highest BCUT2D eigenvalue weighted by molar-refractivity contribution is 5.50. The Bertz CT molecular complexity index is 474. The fourth-order valence-corrected chi connectivity index (χ4v) is 1.41. The van der Waals surface area contributed by atoms with E-state index in [1.54, 1.807) is 0 Å². The second-order valence-corrected chi connectivity index (χ2v) is 3.49. The number of hydrogen-bond donors (Lipinski definition) is 1. The third kappa shape index (κ3) is 2.20. The van der Waals surface area contributed by atoms with Crippen LogP contribution in [-0.4, -0.2) is 16.2 Å². The number of phenols is 1. The third-order valence-electron chi connectivity index (χ3n) is 2.18. The molecule has 0 aliphatic heterocycles. The van der Waals surface area contributed by atoms with Gasteiger partial charge in [0, 0.05) is 6.07 Å². The van der Waals surface area contributed by atoms with Crippen LogP contribution in [0, 0.1) is 17.0 Å². The molecule has 0 saturated heterocycles. The molecule has 0 bridgehead atoms. The first-order valence-corrected chi connectivity index (χ1v) is 4.41. The SMILES string of the molecule is Cc1cc([N+](=O)[O-])cc(O)c1C(F)(F)C(F)(F)F. The molecule has 1 N–H and O–H groups in total. The van der Waals surface area contributed by atoms with E-state index in [1.165, 1.54) is 0 Å². The van der Waals surface area contributed by atoms with Gasteiger partial charge in [-0.2, -0.15) is 22.0 Å². The summed E-state index contributed by atoms with van der Waals surface area (Å²) in [7, 11) is 0. The maximum atomic E-state index is 13.1. The summed E-state index contributed by atoms with van der Waals surface area (Å²) in [6.07, 6.45) is -5.90. The van der Waals surface area contributed by atoms with Crippen molar-refractivity contribution in [1.82, 2.24) is 0 Å². The molecule has 100 valence electrons. The van der Waals surface area contributed by atoms with Gasteiger partial charge in [-0.3, -0.25) is 10.1 Å². The van der Waals surface area contributed by atoms with Gasteiger partial charge in [0.25, 0.3) is 5.69 Å². The van der Waals surface area contributed by atoms with Crippen LogP contribution >= 0.6 is 0 Å². The molecule has 1 aromatic rings. The van der Waals surface area contributed by atoms with Crippen molar-refractivity contribution in [3.05, 3.63) is 33.4 Å². The van der Waals surface area contributed by atoms with Crippen molar-refractivity contribution in [3.8, 4) is 5.75 Å². The number of benzene rings is 1. The van der Waals surface area contributed by atoms with Crippen LogP contribution < -0.4 is 0 Å². The number of phenolic OH excluding ortho intramolecular Hbond substituents is 1. The lowest BCUT2D eigenvalue weighted by Gasteiger charge is -2.22. The van der Waals surface area contributed by atoms with Gasteiger partial charge < -0.3 is 5.11 Å². The molecule has 0 aromatic heterocycles. The number of non-ortho nitro benzene ring substituents is 1. The number of nitro benzene ring substituents is 1.